The third-order valence-corrected chi connectivity index (χ3v) is 5.90. The van der Waals surface area contributed by atoms with Crippen LogP contribution < -0.4 is 5.32 Å². The van der Waals surface area contributed by atoms with Crippen molar-refractivity contribution in [2.75, 3.05) is 12.9 Å². The Labute approximate surface area is 193 Å². The summed E-state index contributed by atoms with van der Waals surface area (Å²) in [6.07, 6.45) is -3.34. The highest BCUT2D eigenvalue weighted by Crippen LogP contribution is 2.36. The Balaban J connectivity index is 1.60. The number of rotatable bonds is 7. The quantitative estimate of drug-likeness (QED) is 0.602. The molecule has 2 aliphatic rings. The van der Waals surface area contributed by atoms with Crippen LogP contribution in [-0.2, 0) is 44.7 Å². The van der Waals surface area contributed by atoms with Crippen molar-refractivity contribution >= 4 is 16.0 Å². The van der Waals surface area contributed by atoms with Crippen LogP contribution in [0.3, 0.4) is 0 Å². The Morgan fingerprint density at radius 2 is 1.73 bits per heavy atom. The summed E-state index contributed by atoms with van der Waals surface area (Å²) < 4.78 is 53.7. The Bertz CT molecular complexity index is 1030. The second-order valence-electron chi connectivity index (χ2n) is 8.01. The van der Waals surface area contributed by atoms with Gasteiger partial charge in [-0.25, -0.2) is 0 Å². The lowest BCUT2D eigenvalue weighted by Gasteiger charge is -2.48. The Morgan fingerprint density at radius 1 is 1.06 bits per heavy atom. The van der Waals surface area contributed by atoms with E-state index in [1.54, 1.807) is 0 Å². The van der Waals surface area contributed by atoms with Gasteiger partial charge in [0.25, 0.3) is 10.1 Å². The first kappa shape index (κ1) is 23.8. The predicted molar refractivity (Wildman–Crippen MR) is 117 cm³/mol. The molecule has 9 nitrogen and oxygen atoms in total. The zero-order valence-electron chi connectivity index (χ0n) is 18.3. The molecule has 4 rings (SSSR count). The molecule has 10 heteroatoms. The van der Waals surface area contributed by atoms with Crippen LogP contribution in [0.4, 0.5) is 0 Å². The first-order valence-electron chi connectivity index (χ1n) is 10.6. The third kappa shape index (κ3) is 6.17. The van der Waals surface area contributed by atoms with Crippen LogP contribution in [0.5, 0.6) is 0 Å². The topological polar surface area (TPSA) is 109 Å². The molecule has 0 spiro atoms. The van der Waals surface area contributed by atoms with Gasteiger partial charge in [0.1, 0.15) is 24.4 Å². The summed E-state index contributed by atoms with van der Waals surface area (Å²) in [6, 6.07) is 17.8. The molecule has 2 fully saturated rings. The van der Waals surface area contributed by atoms with Crippen molar-refractivity contribution < 1.29 is 36.3 Å². The highest BCUT2D eigenvalue weighted by atomic mass is 32.2. The number of nitrogens with one attached hydrogen (secondary N) is 1. The average Bonchev–Trinajstić information content (AvgIpc) is 2.79. The summed E-state index contributed by atoms with van der Waals surface area (Å²) in [7, 11) is -3.90. The molecule has 0 radical (unpaired) electrons. The van der Waals surface area contributed by atoms with Crippen LogP contribution in [0.1, 0.15) is 24.3 Å². The predicted octanol–water partition coefficient (Wildman–Crippen LogP) is 1.89. The second kappa shape index (κ2) is 10.3. The van der Waals surface area contributed by atoms with Crippen molar-refractivity contribution in [1.82, 2.24) is 5.32 Å². The molecule has 0 aromatic heterocycles. The van der Waals surface area contributed by atoms with E-state index >= 15 is 0 Å². The van der Waals surface area contributed by atoms with Gasteiger partial charge in [0, 0.05) is 12.5 Å². The van der Waals surface area contributed by atoms with E-state index < -0.39 is 47.1 Å². The summed E-state index contributed by atoms with van der Waals surface area (Å²) >= 11 is 0. The smallest absolute Gasteiger partial charge is 0.264 e. The SMILES string of the molecule is CC(=O)N[C@@H]1[C@H](OCc2ccccc2)O[C@@H]2CO[C@@H](c3ccccc3)O[C@@H]2[C@H]1OS(C)(=O)=O. The van der Waals surface area contributed by atoms with E-state index in [1.165, 1.54) is 6.92 Å². The number of fused-ring (bicyclic) bond motifs is 1. The molecule has 33 heavy (non-hydrogen) atoms. The van der Waals surface area contributed by atoms with Gasteiger partial charge in [0.2, 0.25) is 5.91 Å². The van der Waals surface area contributed by atoms with Crippen LogP contribution in [0.15, 0.2) is 60.7 Å². The van der Waals surface area contributed by atoms with E-state index in [9.17, 15) is 13.2 Å². The molecule has 2 heterocycles. The van der Waals surface area contributed by atoms with Crippen LogP contribution in [0.25, 0.3) is 0 Å². The van der Waals surface area contributed by atoms with Crippen molar-refractivity contribution in [3.8, 4) is 0 Å². The van der Waals surface area contributed by atoms with Crippen molar-refractivity contribution in [2.24, 2.45) is 0 Å². The molecule has 178 valence electrons. The van der Waals surface area contributed by atoms with Crippen molar-refractivity contribution in [3.05, 3.63) is 71.8 Å². The number of carbonyl (C=O) groups excluding carboxylic acids is 1. The maximum absolute atomic E-state index is 12.1. The molecule has 6 atom stereocenters. The standard InChI is InChI=1S/C23H27NO8S/c1-15(25)24-19-21(32-33(2,26)27)20-18(14-29-22(31-20)17-11-7-4-8-12-17)30-23(19)28-13-16-9-5-3-6-10-16/h3-12,18-23H,13-14H2,1-2H3,(H,24,25)/t18-,19+,20+,21+,22-,23-/m1/s1. The lowest BCUT2D eigenvalue weighted by Crippen LogP contribution is -2.67. The lowest BCUT2D eigenvalue weighted by molar-refractivity contribution is -0.342. The molecule has 0 bridgehead atoms. The van der Waals surface area contributed by atoms with Crippen molar-refractivity contribution in [2.45, 2.75) is 50.5 Å². The van der Waals surface area contributed by atoms with Crippen molar-refractivity contribution in [1.29, 1.82) is 0 Å². The van der Waals surface area contributed by atoms with Gasteiger partial charge < -0.3 is 24.3 Å². The Hall–Kier alpha value is -2.34. The number of hydrogen-bond acceptors (Lipinski definition) is 8. The van der Waals surface area contributed by atoms with E-state index in [1.807, 2.05) is 60.7 Å². The van der Waals surface area contributed by atoms with Crippen LogP contribution in [-0.4, -0.2) is 57.8 Å². The van der Waals surface area contributed by atoms with Gasteiger partial charge in [-0.3, -0.25) is 8.98 Å². The first-order chi connectivity index (χ1) is 15.8. The monoisotopic (exact) mass is 477 g/mol. The molecule has 0 saturated carbocycles. The molecule has 2 aromatic carbocycles. The van der Waals surface area contributed by atoms with Gasteiger partial charge in [0.15, 0.2) is 12.6 Å². The van der Waals surface area contributed by atoms with E-state index in [4.69, 9.17) is 23.1 Å². The number of hydrogen-bond donors (Lipinski definition) is 1. The Morgan fingerprint density at radius 3 is 2.36 bits per heavy atom. The highest BCUT2D eigenvalue weighted by molar-refractivity contribution is 7.86. The normalized spacial score (nSPS) is 29.8. The third-order valence-electron chi connectivity index (χ3n) is 5.32. The minimum Gasteiger partial charge on any atom is -0.346 e. The number of carbonyl (C=O) groups is 1. The fourth-order valence-electron chi connectivity index (χ4n) is 3.95. The lowest BCUT2D eigenvalue weighted by atomic mass is 9.95. The van der Waals surface area contributed by atoms with Gasteiger partial charge in [-0.1, -0.05) is 60.7 Å². The molecular formula is C23H27NO8S. The van der Waals surface area contributed by atoms with E-state index in [2.05, 4.69) is 5.32 Å². The second-order valence-corrected chi connectivity index (χ2v) is 9.61. The number of amides is 1. The maximum atomic E-state index is 12.1. The van der Waals surface area contributed by atoms with Gasteiger partial charge in [-0.05, 0) is 5.56 Å². The summed E-state index contributed by atoms with van der Waals surface area (Å²) in [4.78, 5) is 12.0. The summed E-state index contributed by atoms with van der Waals surface area (Å²) in [5.74, 6) is -0.385. The van der Waals surface area contributed by atoms with Crippen LogP contribution >= 0.6 is 0 Å². The van der Waals surface area contributed by atoms with Gasteiger partial charge in [-0.15, -0.1) is 0 Å². The van der Waals surface area contributed by atoms with Gasteiger partial charge in [-0.2, -0.15) is 8.42 Å². The summed E-state index contributed by atoms with van der Waals surface area (Å²) in [5.41, 5.74) is 1.67. The molecule has 1 N–H and O–H groups in total. The number of benzene rings is 2. The van der Waals surface area contributed by atoms with Crippen molar-refractivity contribution in [3.63, 3.8) is 0 Å². The van der Waals surface area contributed by atoms with E-state index in [-0.39, 0.29) is 19.1 Å². The van der Waals surface area contributed by atoms with Gasteiger partial charge in [0.05, 0.1) is 19.5 Å². The zero-order chi connectivity index (χ0) is 23.4. The fourth-order valence-corrected chi connectivity index (χ4v) is 4.58. The molecule has 0 aliphatic carbocycles. The molecule has 2 saturated heterocycles. The van der Waals surface area contributed by atoms with Crippen LogP contribution in [0, 0.1) is 0 Å². The number of ether oxygens (including phenoxy) is 4. The Kier molecular flexibility index (Phi) is 7.42. The molecule has 2 aliphatic heterocycles. The molecule has 0 unspecified atom stereocenters. The molecule has 1 amide bonds. The summed E-state index contributed by atoms with van der Waals surface area (Å²) in [5, 5.41) is 2.73. The highest BCUT2D eigenvalue weighted by Gasteiger charge is 2.52. The van der Waals surface area contributed by atoms with E-state index in [0.29, 0.717) is 0 Å². The van der Waals surface area contributed by atoms with E-state index in [0.717, 1.165) is 17.4 Å². The largest absolute Gasteiger partial charge is 0.346 e. The maximum Gasteiger partial charge on any atom is 0.264 e. The minimum absolute atomic E-state index is 0.131. The first-order valence-corrected chi connectivity index (χ1v) is 12.4. The van der Waals surface area contributed by atoms with Gasteiger partial charge >= 0.3 is 0 Å². The average molecular weight is 478 g/mol. The molecule has 2 aromatic rings. The fraction of sp³-hybridized carbons (Fsp3) is 0.435. The molecular weight excluding hydrogens is 450 g/mol. The summed E-state index contributed by atoms with van der Waals surface area (Å²) in [6.45, 7) is 1.65. The minimum atomic E-state index is -3.90. The zero-order valence-corrected chi connectivity index (χ0v) is 19.1. The van der Waals surface area contributed by atoms with Crippen LogP contribution in [0.2, 0.25) is 0 Å².